The van der Waals surface area contributed by atoms with Crippen LogP contribution in [0.5, 0.6) is 5.75 Å². The summed E-state index contributed by atoms with van der Waals surface area (Å²) in [6.07, 6.45) is 3.81. The molecule has 8 heteroatoms. The van der Waals surface area contributed by atoms with Crippen molar-refractivity contribution >= 4 is 27.3 Å². The topological polar surface area (TPSA) is 82.4 Å². The maximum absolute atomic E-state index is 11.0. The number of nitrogens with zero attached hydrogens (tertiary/aromatic N) is 4. The number of ether oxygens (including phenoxy) is 1. The van der Waals surface area contributed by atoms with E-state index < -0.39 is 10.6 Å². The molecule has 2 aromatic rings. The van der Waals surface area contributed by atoms with Crippen LogP contribution in [0.25, 0.3) is 10.9 Å². The summed E-state index contributed by atoms with van der Waals surface area (Å²) in [5.74, 6) is 2.12. The minimum Gasteiger partial charge on any atom is -0.494 e. The molecular formula is C17H22N5O2S-. The molecule has 0 atom stereocenters. The van der Waals surface area contributed by atoms with Crippen LogP contribution in [0, 0.1) is 10.2 Å². The lowest BCUT2D eigenvalue weighted by atomic mass is 9.72. The van der Waals surface area contributed by atoms with Gasteiger partial charge in [0, 0.05) is 31.6 Å². The molecule has 0 unspecified atom stereocenters. The molecule has 2 fully saturated rings. The Labute approximate surface area is 149 Å². The van der Waals surface area contributed by atoms with E-state index >= 15 is 0 Å². The number of fused-ring (bicyclic) bond motifs is 1. The molecule has 0 amide bonds. The number of aromatic nitrogens is 2. The average molecular weight is 360 g/mol. The van der Waals surface area contributed by atoms with Crippen molar-refractivity contribution in [3.05, 3.63) is 24.5 Å². The highest BCUT2D eigenvalue weighted by atomic mass is 32.2. The van der Waals surface area contributed by atoms with E-state index in [1.54, 1.807) is 13.4 Å². The normalized spacial score (nSPS) is 20.2. The first-order valence-corrected chi connectivity index (χ1v) is 9.77. The van der Waals surface area contributed by atoms with Gasteiger partial charge in [0.2, 0.25) is 0 Å². The first kappa shape index (κ1) is 16.5. The second-order valence-electron chi connectivity index (χ2n) is 7.00. The summed E-state index contributed by atoms with van der Waals surface area (Å²) in [5.41, 5.74) is 1.18. The molecule has 1 spiro atoms. The molecule has 2 aliphatic heterocycles. The molecule has 134 valence electrons. The Balaban J connectivity index is 1.50. The van der Waals surface area contributed by atoms with Gasteiger partial charge in [0.15, 0.2) is 0 Å². The number of benzene rings is 1. The quantitative estimate of drug-likeness (QED) is 0.842. The number of methoxy groups -OCH3 is 1. The van der Waals surface area contributed by atoms with E-state index in [-0.39, 0.29) is 0 Å². The van der Waals surface area contributed by atoms with Crippen LogP contribution in [0.1, 0.15) is 12.8 Å². The fraction of sp³-hybridized carbons (Fsp3) is 0.529. The van der Waals surface area contributed by atoms with Crippen molar-refractivity contribution in [1.82, 2.24) is 14.9 Å². The molecule has 7 nitrogen and oxygen atoms in total. The van der Waals surface area contributed by atoms with Crippen LogP contribution >= 0.6 is 0 Å². The summed E-state index contributed by atoms with van der Waals surface area (Å²) < 4.78 is 23.7. The molecule has 0 aliphatic carbocycles. The number of piperidine rings is 1. The molecule has 0 radical (unpaired) electrons. The molecule has 25 heavy (non-hydrogen) atoms. The van der Waals surface area contributed by atoms with Crippen molar-refractivity contribution in [1.29, 1.82) is 4.78 Å². The van der Waals surface area contributed by atoms with Crippen LogP contribution < -0.4 is 9.64 Å². The first-order chi connectivity index (χ1) is 12.1. The maximum atomic E-state index is 11.0. The van der Waals surface area contributed by atoms with Crippen molar-refractivity contribution in [2.45, 2.75) is 12.8 Å². The Morgan fingerprint density at radius 2 is 2.04 bits per heavy atom. The lowest BCUT2D eigenvalue weighted by molar-refractivity contribution is -0.00426. The van der Waals surface area contributed by atoms with Crippen LogP contribution in [0.4, 0.5) is 5.82 Å². The van der Waals surface area contributed by atoms with Gasteiger partial charge in [0.1, 0.15) is 23.4 Å². The third kappa shape index (κ3) is 3.04. The molecule has 1 aromatic carbocycles. The summed E-state index contributed by atoms with van der Waals surface area (Å²) in [6, 6.07) is 5.94. The van der Waals surface area contributed by atoms with E-state index in [9.17, 15) is 4.21 Å². The smallest absolute Gasteiger partial charge is 0.145 e. The van der Waals surface area contributed by atoms with E-state index in [4.69, 9.17) is 9.52 Å². The number of nitrogens with one attached hydrogen (secondary N) is 1. The van der Waals surface area contributed by atoms with Crippen molar-refractivity contribution in [2.24, 2.45) is 5.41 Å². The second-order valence-corrected chi connectivity index (χ2v) is 7.95. The highest BCUT2D eigenvalue weighted by molar-refractivity contribution is 7.73. The second kappa shape index (κ2) is 6.42. The van der Waals surface area contributed by atoms with Gasteiger partial charge in [-0.05, 0) is 36.3 Å². The van der Waals surface area contributed by atoms with Gasteiger partial charge >= 0.3 is 0 Å². The molecule has 0 saturated carbocycles. The molecule has 2 saturated heterocycles. The van der Waals surface area contributed by atoms with Crippen LogP contribution in [-0.4, -0.2) is 54.0 Å². The molecule has 0 bridgehead atoms. The van der Waals surface area contributed by atoms with E-state index in [0.717, 1.165) is 61.5 Å². The Hall–Kier alpha value is -1.93. The van der Waals surface area contributed by atoms with Crippen molar-refractivity contribution in [3.63, 3.8) is 0 Å². The predicted octanol–water partition coefficient (Wildman–Crippen LogP) is 2.22. The predicted molar refractivity (Wildman–Crippen MR) is 97.2 cm³/mol. The zero-order valence-electron chi connectivity index (χ0n) is 14.3. The lowest BCUT2D eigenvalue weighted by Gasteiger charge is -2.55. The van der Waals surface area contributed by atoms with Gasteiger partial charge in [0.05, 0.1) is 7.11 Å². The summed E-state index contributed by atoms with van der Waals surface area (Å²) >= 11 is 0. The number of hydrogen-bond acceptors (Lipinski definition) is 8. The molecule has 2 aliphatic rings. The van der Waals surface area contributed by atoms with Crippen LogP contribution in [0.15, 0.2) is 24.5 Å². The molecule has 1 N–H and O–H groups in total. The van der Waals surface area contributed by atoms with Gasteiger partial charge in [-0.25, -0.2) is 9.97 Å². The Morgan fingerprint density at radius 3 is 2.72 bits per heavy atom. The van der Waals surface area contributed by atoms with E-state index in [0.29, 0.717) is 11.3 Å². The summed E-state index contributed by atoms with van der Waals surface area (Å²) in [7, 11) is 0.176. The number of rotatable bonds is 4. The fourth-order valence-corrected chi connectivity index (χ4v) is 4.65. The monoisotopic (exact) mass is 360 g/mol. The minimum absolute atomic E-state index is 0.330. The number of likely N-dealkylation sites (tertiary alicyclic amines) is 1. The first-order valence-electron chi connectivity index (χ1n) is 8.45. The van der Waals surface area contributed by atoms with Gasteiger partial charge in [-0.2, -0.15) is 10.6 Å². The number of anilines is 1. The van der Waals surface area contributed by atoms with Crippen LogP contribution in [0.2, 0.25) is 0 Å². The average Bonchev–Trinajstić information content (AvgIpc) is 2.59. The van der Waals surface area contributed by atoms with Gasteiger partial charge < -0.3 is 23.5 Å². The van der Waals surface area contributed by atoms with Crippen LogP contribution in [-0.2, 0) is 14.8 Å². The molecule has 4 rings (SSSR count). The summed E-state index contributed by atoms with van der Waals surface area (Å²) in [4.78, 5) is 13.4. The van der Waals surface area contributed by atoms with E-state index in [2.05, 4.69) is 19.8 Å². The lowest BCUT2D eigenvalue weighted by Crippen LogP contribution is -2.60. The zero-order valence-corrected chi connectivity index (χ0v) is 15.1. The Bertz CT molecular complexity index is 845. The number of hydrogen-bond donors (Lipinski definition) is 1. The molecule has 1 aromatic heterocycles. The minimum atomic E-state index is -1.48. The Morgan fingerprint density at radius 1 is 1.28 bits per heavy atom. The van der Waals surface area contributed by atoms with Crippen molar-refractivity contribution in [3.8, 4) is 5.75 Å². The molecular weight excluding hydrogens is 338 g/mol. The Kier molecular flexibility index (Phi) is 4.24. The van der Waals surface area contributed by atoms with Gasteiger partial charge in [-0.1, -0.05) is 6.07 Å². The van der Waals surface area contributed by atoms with E-state index in [1.807, 2.05) is 18.2 Å². The third-order valence-corrected chi connectivity index (χ3v) is 5.97. The largest absolute Gasteiger partial charge is 0.494 e. The zero-order chi connectivity index (χ0) is 17.4. The number of para-hydroxylation sites is 1. The van der Waals surface area contributed by atoms with Crippen molar-refractivity contribution in [2.75, 3.05) is 44.1 Å². The van der Waals surface area contributed by atoms with Gasteiger partial charge in [-0.3, -0.25) is 0 Å². The third-order valence-electron chi connectivity index (χ3n) is 5.37. The summed E-state index contributed by atoms with van der Waals surface area (Å²) in [6.45, 7) is 3.84. The standard InChI is InChI=1S/C17H22N5O2S/c1-24-14-4-2-3-13-15(14)19-11-20-16(13)22-7-5-17(6-8-22)9-21(10-17)12-25(18)23/h2-4,11,18H,5-10,12H2,1H3/q-1. The van der Waals surface area contributed by atoms with Crippen molar-refractivity contribution < 1.29 is 8.95 Å². The fourth-order valence-electron chi connectivity index (χ4n) is 4.13. The highest BCUT2D eigenvalue weighted by Gasteiger charge is 2.44. The van der Waals surface area contributed by atoms with Crippen LogP contribution in [0.3, 0.4) is 0 Å². The highest BCUT2D eigenvalue weighted by Crippen LogP contribution is 2.42. The van der Waals surface area contributed by atoms with Gasteiger partial charge in [-0.15, -0.1) is 0 Å². The maximum Gasteiger partial charge on any atom is 0.145 e. The SMILES string of the molecule is COc1cccc2c(N3CCC4(CC3)CN(C[S-](=N)=O)C4)ncnc12. The van der Waals surface area contributed by atoms with E-state index in [1.165, 1.54) is 0 Å². The summed E-state index contributed by atoms with van der Waals surface area (Å²) in [5, 5.41) is 1.03. The molecule has 3 heterocycles. The van der Waals surface area contributed by atoms with Gasteiger partial charge in [0.25, 0.3) is 0 Å².